The number of rotatable bonds is 2. The van der Waals surface area contributed by atoms with Gasteiger partial charge in [-0.05, 0) is 30.3 Å². The lowest BCUT2D eigenvalue weighted by atomic mass is 10.2. The number of nitrogen functional groups attached to an aromatic ring is 1. The van der Waals surface area contributed by atoms with Crippen LogP contribution in [0.25, 0.3) is 0 Å². The molecule has 3 amide bonds. The minimum absolute atomic E-state index is 0.0663. The van der Waals surface area contributed by atoms with Crippen molar-refractivity contribution in [1.29, 1.82) is 0 Å². The van der Waals surface area contributed by atoms with Crippen molar-refractivity contribution in [2.24, 2.45) is 0 Å². The van der Waals surface area contributed by atoms with Crippen LogP contribution < -0.4 is 16.0 Å². The van der Waals surface area contributed by atoms with Crippen LogP contribution in [-0.2, 0) is 14.4 Å². The van der Waals surface area contributed by atoms with Gasteiger partial charge in [-0.15, -0.1) is 0 Å². The number of carbonyl (C=O) groups is 3. The molecule has 6 nitrogen and oxygen atoms in total. The molecule has 2 aromatic carbocycles. The van der Waals surface area contributed by atoms with Crippen molar-refractivity contribution in [1.82, 2.24) is 0 Å². The summed E-state index contributed by atoms with van der Waals surface area (Å²) in [5.74, 6) is -5.51. The van der Waals surface area contributed by atoms with E-state index in [0.29, 0.717) is 4.90 Å². The second-order valence-electron chi connectivity index (χ2n) is 4.81. The Bertz CT molecular complexity index is 804. The van der Waals surface area contributed by atoms with E-state index in [-0.39, 0.29) is 11.4 Å². The molecular weight excluding hydrogens is 320 g/mol. The number of halogens is 2. The Balaban J connectivity index is 2.30. The molecule has 0 heterocycles. The molecule has 0 radical (unpaired) electrons. The van der Waals surface area contributed by atoms with Crippen molar-refractivity contribution >= 4 is 34.8 Å². The van der Waals surface area contributed by atoms with E-state index in [9.17, 15) is 23.2 Å². The average Bonchev–Trinajstić information content (AvgIpc) is 2.50. The van der Waals surface area contributed by atoms with Crippen molar-refractivity contribution in [2.75, 3.05) is 16.0 Å². The van der Waals surface area contributed by atoms with Gasteiger partial charge in [0.2, 0.25) is 5.91 Å². The first-order valence-corrected chi connectivity index (χ1v) is 6.77. The number of nitrogens with zero attached hydrogens (tertiary/aromatic N) is 1. The summed E-state index contributed by atoms with van der Waals surface area (Å²) in [6.07, 6.45) is 0. The van der Waals surface area contributed by atoms with Gasteiger partial charge in [0.15, 0.2) is 0 Å². The van der Waals surface area contributed by atoms with Gasteiger partial charge in [-0.1, -0.05) is 12.1 Å². The Labute approximate surface area is 135 Å². The summed E-state index contributed by atoms with van der Waals surface area (Å²) in [6.45, 7) is 1.07. The second kappa shape index (κ2) is 6.86. The zero-order valence-electron chi connectivity index (χ0n) is 12.5. The van der Waals surface area contributed by atoms with E-state index in [2.05, 4.69) is 0 Å². The Hall–Kier alpha value is -3.29. The molecule has 2 rings (SSSR count). The molecule has 0 bridgehead atoms. The van der Waals surface area contributed by atoms with E-state index in [4.69, 9.17) is 5.73 Å². The fraction of sp³-hybridized carbons (Fsp3) is 0.0625. The van der Waals surface area contributed by atoms with Crippen molar-refractivity contribution in [3.63, 3.8) is 0 Å². The topological polar surface area (TPSA) is 92.5 Å². The van der Waals surface area contributed by atoms with Gasteiger partial charge < -0.3 is 11.1 Å². The number of amides is 3. The molecule has 124 valence electrons. The lowest BCUT2D eigenvalue weighted by Gasteiger charge is -2.19. The number of anilines is 3. The average molecular weight is 333 g/mol. The van der Waals surface area contributed by atoms with Gasteiger partial charge in [0.25, 0.3) is 0 Å². The van der Waals surface area contributed by atoms with E-state index in [1.54, 1.807) is 0 Å². The SMILES string of the molecule is CC(=O)N(C(=O)C(=O)Nc1c(F)cccc1F)c1cccc(N)c1. The number of benzene rings is 2. The highest BCUT2D eigenvalue weighted by molar-refractivity contribution is 6.48. The molecule has 0 saturated heterocycles. The lowest BCUT2D eigenvalue weighted by molar-refractivity contribution is -0.136. The minimum Gasteiger partial charge on any atom is -0.399 e. The molecule has 0 aromatic heterocycles. The number of nitrogens with two attached hydrogens (primary N) is 1. The fourth-order valence-corrected chi connectivity index (χ4v) is 1.99. The molecule has 0 unspecified atom stereocenters. The van der Waals surface area contributed by atoms with Crippen LogP contribution in [0.4, 0.5) is 25.8 Å². The predicted octanol–water partition coefficient (Wildman–Crippen LogP) is 2.07. The zero-order chi connectivity index (χ0) is 17.9. The molecule has 0 fully saturated rings. The molecule has 0 aliphatic rings. The Morgan fingerprint density at radius 1 is 1.04 bits per heavy atom. The molecule has 0 saturated carbocycles. The lowest BCUT2D eigenvalue weighted by Crippen LogP contribution is -2.43. The summed E-state index contributed by atoms with van der Waals surface area (Å²) in [4.78, 5) is 36.5. The third kappa shape index (κ3) is 3.54. The van der Waals surface area contributed by atoms with Gasteiger partial charge in [-0.25, -0.2) is 13.7 Å². The maximum Gasteiger partial charge on any atom is 0.323 e. The number of hydrogen-bond acceptors (Lipinski definition) is 4. The van der Waals surface area contributed by atoms with Crippen molar-refractivity contribution in [3.8, 4) is 0 Å². The standard InChI is InChI=1S/C16H13F2N3O3/c1-9(22)21(11-5-2-4-10(19)8-11)16(24)15(23)20-14-12(17)6-3-7-13(14)18/h2-8H,19H2,1H3,(H,20,23). The summed E-state index contributed by atoms with van der Waals surface area (Å²) in [5.41, 5.74) is 5.15. The smallest absolute Gasteiger partial charge is 0.323 e. The van der Waals surface area contributed by atoms with Gasteiger partial charge >= 0.3 is 11.8 Å². The summed E-state index contributed by atoms with van der Waals surface area (Å²) in [6, 6.07) is 8.68. The maximum atomic E-state index is 13.5. The second-order valence-corrected chi connectivity index (χ2v) is 4.81. The van der Waals surface area contributed by atoms with Gasteiger partial charge in [0, 0.05) is 12.6 Å². The number of nitrogens with one attached hydrogen (secondary N) is 1. The van der Waals surface area contributed by atoms with Crippen LogP contribution in [0.2, 0.25) is 0 Å². The van der Waals surface area contributed by atoms with Crippen LogP contribution in [0.5, 0.6) is 0 Å². The van der Waals surface area contributed by atoms with Crippen LogP contribution in [0.3, 0.4) is 0 Å². The Morgan fingerprint density at radius 2 is 1.62 bits per heavy atom. The molecule has 0 atom stereocenters. The van der Waals surface area contributed by atoms with Crippen LogP contribution >= 0.6 is 0 Å². The van der Waals surface area contributed by atoms with E-state index < -0.39 is 35.0 Å². The van der Waals surface area contributed by atoms with Crippen LogP contribution in [0.15, 0.2) is 42.5 Å². The molecule has 2 aromatic rings. The Morgan fingerprint density at radius 3 is 2.17 bits per heavy atom. The van der Waals surface area contributed by atoms with Gasteiger partial charge in [0.1, 0.15) is 17.3 Å². The third-order valence-electron chi connectivity index (χ3n) is 3.04. The first kappa shape index (κ1) is 17.1. The van der Waals surface area contributed by atoms with Gasteiger partial charge in [-0.2, -0.15) is 0 Å². The number of para-hydroxylation sites is 1. The molecule has 0 aliphatic carbocycles. The zero-order valence-corrected chi connectivity index (χ0v) is 12.5. The largest absolute Gasteiger partial charge is 0.399 e. The first-order valence-electron chi connectivity index (χ1n) is 6.77. The van der Waals surface area contributed by atoms with Gasteiger partial charge in [-0.3, -0.25) is 14.4 Å². The van der Waals surface area contributed by atoms with Crippen LogP contribution in [0.1, 0.15) is 6.92 Å². The minimum atomic E-state index is -1.36. The summed E-state index contributed by atoms with van der Waals surface area (Å²) >= 11 is 0. The summed E-state index contributed by atoms with van der Waals surface area (Å²) < 4.78 is 27.1. The molecule has 0 aliphatic heterocycles. The highest BCUT2D eigenvalue weighted by Gasteiger charge is 2.28. The number of carbonyl (C=O) groups excluding carboxylic acids is 3. The Kier molecular flexibility index (Phi) is 4.88. The van der Waals surface area contributed by atoms with Crippen LogP contribution in [-0.4, -0.2) is 17.7 Å². The third-order valence-corrected chi connectivity index (χ3v) is 3.04. The summed E-state index contributed by atoms with van der Waals surface area (Å²) in [7, 11) is 0. The maximum absolute atomic E-state index is 13.5. The molecule has 8 heteroatoms. The molecule has 0 spiro atoms. The van der Waals surface area contributed by atoms with Gasteiger partial charge in [0.05, 0.1) is 5.69 Å². The van der Waals surface area contributed by atoms with E-state index in [1.807, 2.05) is 5.32 Å². The van der Waals surface area contributed by atoms with E-state index in [0.717, 1.165) is 25.1 Å². The quantitative estimate of drug-likeness (QED) is 0.650. The molecule has 24 heavy (non-hydrogen) atoms. The normalized spacial score (nSPS) is 10.1. The van der Waals surface area contributed by atoms with Crippen LogP contribution in [0, 0.1) is 11.6 Å². The van der Waals surface area contributed by atoms with Crippen molar-refractivity contribution < 1.29 is 23.2 Å². The van der Waals surface area contributed by atoms with Crippen molar-refractivity contribution in [2.45, 2.75) is 6.92 Å². The van der Waals surface area contributed by atoms with E-state index in [1.165, 1.54) is 24.3 Å². The molecule has 3 N–H and O–H groups in total. The first-order chi connectivity index (χ1) is 11.3. The summed E-state index contributed by atoms with van der Waals surface area (Å²) in [5, 5.41) is 1.83. The predicted molar refractivity (Wildman–Crippen MR) is 84.0 cm³/mol. The number of imide groups is 1. The highest BCUT2D eigenvalue weighted by Crippen LogP contribution is 2.20. The highest BCUT2D eigenvalue weighted by atomic mass is 19.1. The molecular formula is C16H13F2N3O3. The monoisotopic (exact) mass is 333 g/mol. The van der Waals surface area contributed by atoms with E-state index >= 15 is 0 Å². The van der Waals surface area contributed by atoms with Crippen molar-refractivity contribution in [3.05, 3.63) is 54.1 Å². The number of hydrogen-bond donors (Lipinski definition) is 2. The fourth-order valence-electron chi connectivity index (χ4n) is 1.99.